The number of nitrogens with zero attached hydrogens (tertiary/aromatic N) is 4. The Bertz CT molecular complexity index is 872. The average molecular weight is 333 g/mol. The molecule has 0 saturated heterocycles. The molecule has 3 aromatic rings. The van der Waals surface area contributed by atoms with Crippen molar-refractivity contribution in [3.8, 4) is 0 Å². The highest BCUT2D eigenvalue weighted by molar-refractivity contribution is 5.94. The maximum absolute atomic E-state index is 12.4. The normalized spacial score (nSPS) is 18.8. The lowest BCUT2D eigenvalue weighted by Gasteiger charge is -2.07. The molecule has 1 aliphatic rings. The van der Waals surface area contributed by atoms with Gasteiger partial charge in [-0.15, -0.1) is 5.10 Å². The molecule has 0 radical (unpaired) electrons. The van der Waals surface area contributed by atoms with Gasteiger partial charge in [-0.1, -0.05) is 42.5 Å². The molecule has 6 heteroatoms. The van der Waals surface area contributed by atoms with Crippen LogP contribution in [0.15, 0.2) is 54.6 Å². The summed E-state index contributed by atoms with van der Waals surface area (Å²) in [4.78, 5) is 12.4. The Hall–Kier alpha value is -3.02. The molecule has 0 bridgehead atoms. The quantitative estimate of drug-likeness (QED) is 0.778. The topological polar surface area (TPSA) is 72.7 Å². The number of carbonyl (C=O) groups is 1. The molecule has 1 fully saturated rings. The van der Waals surface area contributed by atoms with Crippen molar-refractivity contribution >= 4 is 5.91 Å². The largest absolute Gasteiger partial charge is 0.349 e. The van der Waals surface area contributed by atoms with Crippen molar-refractivity contribution in [2.45, 2.75) is 31.8 Å². The van der Waals surface area contributed by atoms with Gasteiger partial charge in [-0.05, 0) is 47.0 Å². The zero-order valence-electron chi connectivity index (χ0n) is 14.0. The molecule has 4 rings (SSSR count). The predicted octanol–water partition coefficient (Wildman–Crippen LogP) is 2.32. The highest BCUT2D eigenvalue weighted by Crippen LogP contribution is 2.40. The third-order valence-corrected chi connectivity index (χ3v) is 4.59. The Balaban J connectivity index is 1.36. The smallest absolute Gasteiger partial charge is 0.251 e. The SMILES string of the molecule is Cc1nnnn1Cc1ccc(C(=O)NC2CC2c2ccccc2)cc1. The van der Waals surface area contributed by atoms with Crippen molar-refractivity contribution in [3.05, 3.63) is 77.1 Å². The van der Waals surface area contributed by atoms with Crippen LogP contribution in [0.2, 0.25) is 0 Å². The molecule has 1 aliphatic carbocycles. The molecule has 6 nitrogen and oxygen atoms in total. The zero-order chi connectivity index (χ0) is 17.2. The third-order valence-electron chi connectivity index (χ3n) is 4.59. The van der Waals surface area contributed by atoms with Crippen molar-refractivity contribution in [1.82, 2.24) is 25.5 Å². The number of aryl methyl sites for hydroxylation is 1. The molecular formula is C19H19N5O. The number of rotatable bonds is 5. The van der Waals surface area contributed by atoms with Crippen molar-refractivity contribution in [2.24, 2.45) is 0 Å². The minimum absolute atomic E-state index is 0.0198. The summed E-state index contributed by atoms with van der Waals surface area (Å²) in [5.41, 5.74) is 3.02. The standard InChI is InChI=1S/C19H19N5O/c1-13-21-22-23-24(13)12-14-7-9-16(10-8-14)19(25)20-18-11-17(18)15-5-3-2-4-6-15/h2-10,17-18H,11-12H2,1H3,(H,20,25). The molecule has 2 unspecified atom stereocenters. The van der Waals surface area contributed by atoms with Crippen molar-refractivity contribution in [2.75, 3.05) is 0 Å². The maximum atomic E-state index is 12.4. The van der Waals surface area contributed by atoms with Crippen LogP contribution in [0.4, 0.5) is 0 Å². The van der Waals surface area contributed by atoms with E-state index in [1.54, 1.807) is 4.68 Å². The molecule has 126 valence electrons. The number of hydrogen-bond donors (Lipinski definition) is 1. The van der Waals surface area contributed by atoms with Crippen molar-refractivity contribution < 1.29 is 4.79 Å². The molecule has 1 saturated carbocycles. The van der Waals surface area contributed by atoms with Gasteiger partial charge in [0.1, 0.15) is 5.82 Å². The molecule has 0 spiro atoms. The van der Waals surface area contributed by atoms with Gasteiger partial charge in [0.2, 0.25) is 0 Å². The van der Waals surface area contributed by atoms with E-state index < -0.39 is 0 Å². The van der Waals surface area contributed by atoms with Crippen molar-refractivity contribution in [1.29, 1.82) is 0 Å². The van der Waals surface area contributed by atoms with Gasteiger partial charge in [-0.2, -0.15) is 0 Å². The van der Waals surface area contributed by atoms with Crippen LogP contribution in [-0.2, 0) is 6.54 Å². The summed E-state index contributed by atoms with van der Waals surface area (Å²) < 4.78 is 1.73. The molecule has 25 heavy (non-hydrogen) atoms. The van der Waals surface area contributed by atoms with E-state index in [4.69, 9.17) is 0 Å². The number of nitrogens with one attached hydrogen (secondary N) is 1. The van der Waals surface area contributed by atoms with Gasteiger partial charge in [-0.25, -0.2) is 4.68 Å². The summed E-state index contributed by atoms with van der Waals surface area (Å²) in [5, 5.41) is 14.5. The van der Waals surface area contributed by atoms with E-state index in [9.17, 15) is 4.79 Å². The minimum Gasteiger partial charge on any atom is -0.349 e. The van der Waals surface area contributed by atoms with Gasteiger partial charge in [0.05, 0.1) is 6.54 Å². The second-order valence-electron chi connectivity index (χ2n) is 6.41. The molecule has 0 aliphatic heterocycles. The van der Waals surface area contributed by atoms with Crippen LogP contribution in [0.5, 0.6) is 0 Å². The Morgan fingerprint density at radius 2 is 1.92 bits per heavy atom. The fourth-order valence-electron chi connectivity index (χ4n) is 3.00. The number of carbonyl (C=O) groups excluding carboxylic acids is 1. The van der Waals surface area contributed by atoms with E-state index >= 15 is 0 Å². The van der Waals surface area contributed by atoms with Crippen LogP contribution < -0.4 is 5.32 Å². The van der Waals surface area contributed by atoms with E-state index in [2.05, 4.69) is 33.0 Å². The van der Waals surface area contributed by atoms with Crippen LogP contribution >= 0.6 is 0 Å². The monoisotopic (exact) mass is 333 g/mol. The number of aromatic nitrogens is 4. The summed E-state index contributed by atoms with van der Waals surface area (Å²) in [6.45, 7) is 2.46. The number of amides is 1. The van der Waals surface area contributed by atoms with Gasteiger partial charge in [-0.3, -0.25) is 4.79 Å². The summed E-state index contributed by atoms with van der Waals surface area (Å²) in [5.74, 6) is 1.18. The lowest BCUT2D eigenvalue weighted by Crippen LogP contribution is -2.26. The van der Waals surface area contributed by atoms with Crippen LogP contribution in [0.25, 0.3) is 0 Å². The molecular weight excluding hydrogens is 314 g/mol. The summed E-state index contributed by atoms with van der Waals surface area (Å²) in [6, 6.07) is 18.1. The van der Waals surface area contributed by atoms with Gasteiger partial charge < -0.3 is 5.32 Å². The molecule has 1 amide bonds. The van der Waals surface area contributed by atoms with E-state index in [-0.39, 0.29) is 11.9 Å². The van der Waals surface area contributed by atoms with Gasteiger partial charge in [0, 0.05) is 17.5 Å². The molecule has 2 aromatic carbocycles. The van der Waals surface area contributed by atoms with E-state index in [1.165, 1.54) is 5.56 Å². The molecule has 1 N–H and O–H groups in total. The van der Waals surface area contributed by atoms with Crippen LogP contribution in [0, 0.1) is 6.92 Å². The van der Waals surface area contributed by atoms with E-state index in [1.807, 2.05) is 49.4 Å². The molecule has 1 aromatic heterocycles. The predicted molar refractivity (Wildman–Crippen MR) is 93.2 cm³/mol. The second kappa shape index (κ2) is 6.47. The van der Waals surface area contributed by atoms with E-state index in [0.717, 1.165) is 17.8 Å². The summed E-state index contributed by atoms with van der Waals surface area (Å²) >= 11 is 0. The summed E-state index contributed by atoms with van der Waals surface area (Å²) in [7, 11) is 0. The fraction of sp³-hybridized carbons (Fsp3) is 0.263. The average Bonchev–Trinajstić information content (AvgIpc) is 3.30. The Morgan fingerprint density at radius 1 is 1.16 bits per heavy atom. The third kappa shape index (κ3) is 3.42. The number of hydrogen-bond acceptors (Lipinski definition) is 4. The summed E-state index contributed by atoms with van der Waals surface area (Å²) in [6.07, 6.45) is 1.01. The molecule has 1 heterocycles. The number of tetrazole rings is 1. The first-order valence-electron chi connectivity index (χ1n) is 8.38. The Labute approximate surface area is 145 Å². The Morgan fingerprint density at radius 3 is 2.60 bits per heavy atom. The first-order valence-corrected chi connectivity index (χ1v) is 8.38. The first-order chi connectivity index (χ1) is 12.2. The molecule has 2 atom stereocenters. The van der Waals surface area contributed by atoms with Crippen molar-refractivity contribution in [3.63, 3.8) is 0 Å². The van der Waals surface area contributed by atoms with Crippen LogP contribution in [0.1, 0.15) is 39.6 Å². The second-order valence-corrected chi connectivity index (χ2v) is 6.41. The fourth-order valence-corrected chi connectivity index (χ4v) is 3.00. The van der Waals surface area contributed by atoms with Gasteiger partial charge >= 0.3 is 0 Å². The lowest BCUT2D eigenvalue weighted by molar-refractivity contribution is 0.0950. The van der Waals surface area contributed by atoms with E-state index in [0.29, 0.717) is 18.0 Å². The number of benzene rings is 2. The highest BCUT2D eigenvalue weighted by atomic mass is 16.1. The zero-order valence-corrected chi connectivity index (χ0v) is 14.0. The lowest BCUT2D eigenvalue weighted by atomic mass is 10.1. The maximum Gasteiger partial charge on any atom is 0.251 e. The van der Waals surface area contributed by atoms with Gasteiger partial charge in [0.15, 0.2) is 0 Å². The highest BCUT2D eigenvalue weighted by Gasteiger charge is 2.39. The van der Waals surface area contributed by atoms with Crippen LogP contribution in [0.3, 0.4) is 0 Å². The first kappa shape index (κ1) is 15.5. The van der Waals surface area contributed by atoms with Crippen LogP contribution in [-0.4, -0.2) is 32.2 Å². The Kier molecular flexibility index (Phi) is 4.01. The van der Waals surface area contributed by atoms with Gasteiger partial charge in [0.25, 0.3) is 5.91 Å². The minimum atomic E-state index is -0.0198.